The Labute approximate surface area is 204 Å². The van der Waals surface area contributed by atoms with E-state index in [0.29, 0.717) is 56.4 Å². The fourth-order valence-corrected chi connectivity index (χ4v) is 5.81. The van der Waals surface area contributed by atoms with Crippen LogP contribution in [0.5, 0.6) is 5.88 Å². The lowest BCUT2D eigenvalue weighted by atomic mass is 10.2. The third kappa shape index (κ3) is 4.67. The Morgan fingerprint density at radius 3 is 2.82 bits per heavy atom. The van der Waals surface area contributed by atoms with Crippen LogP contribution in [-0.2, 0) is 13.1 Å². The van der Waals surface area contributed by atoms with E-state index in [1.807, 2.05) is 35.0 Å². The number of carbonyl (C=O) groups excluding carboxylic acids is 1. The molecule has 5 rings (SSSR count). The minimum atomic E-state index is -0.113. The first-order valence-corrected chi connectivity index (χ1v) is 12.7. The van der Waals surface area contributed by atoms with Crippen molar-refractivity contribution < 1.29 is 9.53 Å². The third-order valence-electron chi connectivity index (χ3n) is 5.79. The number of nitrogens with one attached hydrogen (secondary N) is 2. The van der Waals surface area contributed by atoms with Crippen molar-refractivity contribution in [2.24, 2.45) is 0 Å². The number of fused-ring (bicyclic) bond motifs is 1. The molecule has 0 aliphatic carbocycles. The lowest BCUT2D eigenvalue weighted by Crippen LogP contribution is -2.51. The highest BCUT2D eigenvalue weighted by molar-refractivity contribution is 7.18. The lowest BCUT2D eigenvalue weighted by Gasteiger charge is -2.34. The minimum absolute atomic E-state index is 0.103. The van der Waals surface area contributed by atoms with Crippen LogP contribution in [0.15, 0.2) is 46.0 Å². The van der Waals surface area contributed by atoms with Crippen LogP contribution in [0.25, 0.3) is 20.7 Å². The van der Waals surface area contributed by atoms with Gasteiger partial charge in [0.2, 0.25) is 5.88 Å². The van der Waals surface area contributed by atoms with Crippen molar-refractivity contribution in [1.29, 1.82) is 0 Å². The number of pyridine rings is 1. The van der Waals surface area contributed by atoms with Gasteiger partial charge in [-0.05, 0) is 17.5 Å². The molecule has 11 heteroatoms. The van der Waals surface area contributed by atoms with Crippen LogP contribution in [0.1, 0.15) is 11.4 Å². The zero-order valence-corrected chi connectivity index (χ0v) is 20.2. The van der Waals surface area contributed by atoms with E-state index in [0.717, 1.165) is 20.8 Å². The van der Waals surface area contributed by atoms with Crippen LogP contribution >= 0.6 is 22.7 Å². The van der Waals surface area contributed by atoms with E-state index >= 15 is 0 Å². The summed E-state index contributed by atoms with van der Waals surface area (Å²) in [5.74, 6) is 1.16. The molecular formula is C23H24N6O3S2. The molecule has 2 N–H and O–H groups in total. The second-order valence-electron chi connectivity index (χ2n) is 7.91. The quantitative estimate of drug-likeness (QED) is 0.425. The van der Waals surface area contributed by atoms with E-state index in [4.69, 9.17) is 9.72 Å². The molecule has 9 nitrogen and oxygen atoms in total. The molecule has 0 radical (unpaired) electrons. The maximum atomic E-state index is 12.8. The monoisotopic (exact) mass is 496 g/mol. The van der Waals surface area contributed by atoms with Crippen molar-refractivity contribution >= 4 is 38.9 Å². The SMILES string of the molecule is COc1ncccc1CNC(=O)N1CCN(Cc2nc3scc(-c4cccs4)c3c(=O)[nH]2)CC1. The molecule has 34 heavy (non-hydrogen) atoms. The summed E-state index contributed by atoms with van der Waals surface area (Å²) in [7, 11) is 1.56. The molecule has 0 atom stereocenters. The fraction of sp³-hybridized carbons (Fsp3) is 0.304. The molecule has 176 valence electrons. The van der Waals surface area contributed by atoms with Gasteiger partial charge in [-0.2, -0.15) is 0 Å². The number of ether oxygens (including phenoxy) is 1. The smallest absolute Gasteiger partial charge is 0.317 e. The number of thiophene rings is 2. The molecule has 0 bridgehead atoms. The summed E-state index contributed by atoms with van der Waals surface area (Å²) in [6.45, 7) is 3.51. The van der Waals surface area contributed by atoms with Gasteiger partial charge in [0.25, 0.3) is 5.56 Å². The highest BCUT2D eigenvalue weighted by Gasteiger charge is 2.22. The van der Waals surface area contributed by atoms with Gasteiger partial charge in [-0.15, -0.1) is 22.7 Å². The van der Waals surface area contributed by atoms with Crippen molar-refractivity contribution in [1.82, 2.24) is 30.1 Å². The number of methoxy groups -OCH3 is 1. The zero-order valence-electron chi connectivity index (χ0n) is 18.6. The van der Waals surface area contributed by atoms with Gasteiger partial charge in [-0.1, -0.05) is 12.1 Å². The van der Waals surface area contributed by atoms with Crippen LogP contribution in [0, 0.1) is 0 Å². The number of rotatable bonds is 6. The standard InChI is InChI=1S/C23H24N6O3S2/c1-32-21-15(4-2-6-24-21)12-25-23(31)29-9-7-28(8-10-29)13-18-26-20(30)19-16(14-34-22(19)27-18)17-5-3-11-33-17/h2-6,11,14H,7-10,12-13H2,1H3,(H,25,31)(H,26,27,30). The topological polar surface area (TPSA) is 103 Å². The van der Waals surface area contributed by atoms with Crippen molar-refractivity contribution in [3.63, 3.8) is 0 Å². The normalized spacial score (nSPS) is 14.4. The van der Waals surface area contributed by atoms with E-state index in [1.165, 1.54) is 11.3 Å². The summed E-state index contributed by atoms with van der Waals surface area (Å²) in [5.41, 5.74) is 1.67. The first kappa shape index (κ1) is 22.5. The van der Waals surface area contributed by atoms with E-state index in [9.17, 15) is 9.59 Å². The van der Waals surface area contributed by atoms with Crippen LogP contribution in [0.3, 0.4) is 0 Å². The van der Waals surface area contributed by atoms with E-state index in [2.05, 4.69) is 20.2 Å². The zero-order chi connectivity index (χ0) is 23.5. The lowest BCUT2D eigenvalue weighted by molar-refractivity contribution is 0.133. The molecule has 0 spiro atoms. The average molecular weight is 497 g/mol. The Morgan fingerprint density at radius 2 is 2.06 bits per heavy atom. The largest absolute Gasteiger partial charge is 0.481 e. The number of hydrogen-bond acceptors (Lipinski definition) is 8. The number of nitrogens with zero attached hydrogens (tertiary/aromatic N) is 4. The van der Waals surface area contributed by atoms with Gasteiger partial charge in [-0.3, -0.25) is 9.69 Å². The predicted octanol–water partition coefficient (Wildman–Crippen LogP) is 3.14. The summed E-state index contributed by atoms with van der Waals surface area (Å²) in [5, 5.41) is 7.60. The van der Waals surface area contributed by atoms with Crippen LogP contribution in [0.2, 0.25) is 0 Å². The number of hydrogen-bond donors (Lipinski definition) is 2. The molecule has 0 saturated carbocycles. The number of urea groups is 1. The minimum Gasteiger partial charge on any atom is -0.481 e. The number of aromatic amines is 1. The van der Waals surface area contributed by atoms with Gasteiger partial charge in [0, 0.05) is 60.3 Å². The Hall–Kier alpha value is -3.28. The van der Waals surface area contributed by atoms with Crippen molar-refractivity contribution in [2.75, 3.05) is 33.3 Å². The summed E-state index contributed by atoms with van der Waals surface area (Å²) in [4.78, 5) is 43.1. The van der Waals surface area contributed by atoms with Crippen molar-refractivity contribution in [3.8, 4) is 16.3 Å². The molecule has 5 heterocycles. The van der Waals surface area contributed by atoms with Crippen LogP contribution in [-0.4, -0.2) is 64.1 Å². The number of piperazine rings is 1. The van der Waals surface area contributed by atoms with Gasteiger partial charge in [-0.25, -0.2) is 14.8 Å². The summed E-state index contributed by atoms with van der Waals surface area (Å²) < 4.78 is 5.24. The number of carbonyl (C=O) groups is 1. The second kappa shape index (κ2) is 9.92. The number of H-pyrrole nitrogens is 1. The Bertz CT molecular complexity index is 1340. The van der Waals surface area contributed by atoms with Gasteiger partial charge < -0.3 is 19.9 Å². The molecule has 0 aromatic carbocycles. The number of aromatic nitrogens is 3. The Balaban J connectivity index is 1.18. The van der Waals surface area contributed by atoms with Gasteiger partial charge in [0.1, 0.15) is 10.7 Å². The highest BCUT2D eigenvalue weighted by Crippen LogP contribution is 2.33. The summed E-state index contributed by atoms with van der Waals surface area (Å²) in [6.07, 6.45) is 1.66. The predicted molar refractivity (Wildman–Crippen MR) is 133 cm³/mol. The molecule has 0 unspecified atom stereocenters. The maximum absolute atomic E-state index is 12.8. The van der Waals surface area contributed by atoms with Gasteiger partial charge in [0.15, 0.2) is 0 Å². The van der Waals surface area contributed by atoms with Gasteiger partial charge in [0.05, 0.1) is 19.0 Å². The van der Waals surface area contributed by atoms with Crippen LogP contribution in [0.4, 0.5) is 4.79 Å². The van der Waals surface area contributed by atoms with Crippen molar-refractivity contribution in [3.05, 3.63) is 63.0 Å². The third-order valence-corrected chi connectivity index (χ3v) is 7.56. The maximum Gasteiger partial charge on any atom is 0.317 e. The van der Waals surface area contributed by atoms with Crippen molar-refractivity contribution in [2.45, 2.75) is 13.1 Å². The van der Waals surface area contributed by atoms with Gasteiger partial charge >= 0.3 is 6.03 Å². The molecule has 4 aromatic rings. The molecule has 1 aliphatic heterocycles. The average Bonchev–Trinajstić information content (AvgIpc) is 3.53. The molecule has 1 saturated heterocycles. The fourth-order valence-electron chi connectivity index (χ4n) is 4.03. The molecule has 4 aromatic heterocycles. The summed E-state index contributed by atoms with van der Waals surface area (Å²) in [6, 6.07) is 7.58. The second-order valence-corrected chi connectivity index (χ2v) is 9.72. The Morgan fingerprint density at radius 1 is 1.21 bits per heavy atom. The van der Waals surface area contributed by atoms with E-state index < -0.39 is 0 Å². The van der Waals surface area contributed by atoms with E-state index in [1.54, 1.807) is 29.5 Å². The number of amides is 2. The first-order valence-electron chi connectivity index (χ1n) is 10.9. The Kier molecular flexibility index (Phi) is 6.57. The highest BCUT2D eigenvalue weighted by atomic mass is 32.1. The van der Waals surface area contributed by atoms with Crippen LogP contribution < -0.4 is 15.6 Å². The summed E-state index contributed by atoms with van der Waals surface area (Å²) >= 11 is 3.11. The molecular weight excluding hydrogens is 472 g/mol. The molecule has 1 fully saturated rings. The first-order chi connectivity index (χ1) is 16.6. The molecule has 1 aliphatic rings. The van der Waals surface area contributed by atoms with E-state index in [-0.39, 0.29) is 11.6 Å². The molecule has 2 amide bonds.